The van der Waals surface area contributed by atoms with Gasteiger partial charge in [0.2, 0.25) is 0 Å². The first-order valence-electron chi connectivity index (χ1n) is 6.22. The highest BCUT2D eigenvalue weighted by Gasteiger charge is 2.12. The van der Waals surface area contributed by atoms with Gasteiger partial charge in [0.15, 0.2) is 11.6 Å². The van der Waals surface area contributed by atoms with Crippen LogP contribution in [0, 0.1) is 11.6 Å². The Morgan fingerprint density at radius 3 is 2.74 bits per heavy atom. The van der Waals surface area contributed by atoms with Crippen LogP contribution in [-0.2, 0) is 19.4 Å². The van der Waals surface area contributed by atoms with E-state index in [9.17, 15) is 13.9 Å². The molecular formula is C14H16F2N2O. The Bertz CT molecular complexity index is 554. The normalized spacial score (nSPS) is 12.6. The second kappa shape index (κ2) is 5.93. The summed E-state index contributed by atoms with van der Waals surface area (Å²) >= 11 is 0. The van der Waals surface area contributed by atoms with Gasteiger partial charge in [0, 0.05) is 25.4 Å². The van der Waals surface area contributed by atoms with E-state index in [0.717, 1.165) is 24.5 Å². The van der Waals surface area contributed by atoms with Gasteiger partial charge in [-0.3, -0.25) is 0 Å². The summed E-state index contributed by atoms with van der Waals surface area (Å²) in [6.45, 7) is 2.78. The monoisotopic (exact) mass is 266 g/mol. The van der Waals surface area contributed by atoms with Crippen LogP contribution in [0.1, 0.15) is 18.3 Å². The third-order valence-corrected chi connectivity index (χ3v) is 3.02. The summed E-state index contributed by atoms with van der Waals surface area (Å²) in [5.41, 5.74) is 0.570. The van der Waals surface area contributed by atoms with E-state index in [2.05, 4.69) is 4.98 Å². The first-order valence-corrected chi connectivity index (χ1v) is 6.22. The molecule has 5 heteroatoms. The topological polar surface area (TPSA) is 38.0 Å². The van der Waals surface area contributed by atoms with Gasteiger partial charge in [-0.25, -0.2) is 13.8 Å². The van der Waals surface area contributed by atoms with Crippen LogP contribution in [0.3, 0.4) is 0 Å². The lowest BCUT2D eigenvalue weighted by atomic mass is 10.1. The molecule has 0 aliphatic rings. The molecular weight excluding hydrogens is 250 g/mol. The molecule has 0 fully saturated rings. The minimum Gasteiger partial charge on any atom is -0.392 e. The number of nitrogens with zero attached hydrogens (tertiary/aromatic N) is 2. The van der Waals surface area contributed by atoms with Crippen molar-refractivity contribution in [3.05, 3.63) is 53.6 Å². The highest BCUT2D eigenvalue weighted by Crippen LogP contribution is 2.12. The zero-order valence-corrected chi connectivity index (χ0v) is 10.7. The van der Waals surface area contributed by atoms with E-state index >= 15 is 0 Å². The molecule has 0 aliphatic heterocycles. The van der Waals surface area contributed by atoms with E-state index in [-0.39, 0.29) is 6.42 Å². The molecule has 102 valence electrons. The van der Waals surface area contributed by atoms with Crippen LogP contribution >= 0.6 is 0 Å². The molecule has 0 saturated heterocycles. The fourth-order valence-electron chi connectivity index (χ4n) is 2.04. The number of aryl methyl sites for hydroxylation is 1. The number of aromatic nitrogens is 2. The fourth-order valence-corrected chi connectivity index (χ4v) is 2.04. The van der Waals surface area contributed by atoms with E-state index in [1.165, 1.54) is 6.07 Å². The van der Waals surface area contributed by atoms with Gasteiger partial charge in [0.05, 0.1) is 6.10 Å². The minimum absolute atomic E-state index is 0.272. The van der Waals surface area contributed by atoms with E-state index < -0.39 is 17.7 Å². The number of hydrogen-bond acceptors (Lipinski definition) is 2. The molecule has 1 atom stereocenters. The average Bonchev–Trinajstić information content (AvgIpc) is 2.81. The third-order valence-electron chi connectivity index (χ3n) is 3.02. The summed E-state index contributed by atoms with van der Waals surface area (Å²) in [4.78, 5) is 4.17. The maximum absolute atomic E-state index is 13.1. The summed E-state index contributed by atoms with van der Waals surface area (Å²) in [6, 6.07) is 3.67. The zero-order valence-electron chi connectivity index (χ0n) is 10.7. The number of imidazole rings is 1. The molecule has 0 saturated carbocycles. The molecule has 0 radical (unpaired) electrons. The molecule has 0 bridgehead atoms. The van der Waals surface area contributed by atoms with Gasteiger partial charge in [0.1, 0.15) is 5.82 Å². The minimum atomic E-state index is -0.889. The second-order valence-corrected chi connectivity index (χ2v) is 4.44. The van der Waals surface area contributed by atoms with Gasteiger partial charge >= 0.3 is 0 Å². The van der Waals surface area contributed by atoms with Crippen LogP contribution in [0.15, 0.2) is 30.6 Å². The molecule has 2 rings (SSSR count). The van der Waals surface area contributed by atoms with Crippen LogP contribution in [0.2, 0.25) is 0 Å². The number of aliphatic hydroxyl groups excluding tert-OH is 1. The van der Waals surface area contributed by atoms with Crippen molar-refractivity contribution in [1.82, 2.24) is 9.55 Å². The fraction of sp³-hybridized carbons (Fsp3) is 0.357. The molecule has 1 aromatic carbocycles. The highest BCUT2D eigenvalue weighted by molar-refractivity contribution is 5.18. The van der Waals surface area contributed by atoms with Crippen molar-refractivity contribution in [3.63, 3.8) is 0 Å². The van der Waals surface area contributed by atoms with E-state index in [4.69, 9.17) is 0 Å². The zero-order chi connectivity index (χ0) is 13.8. The summed E-state index contributed by atoms with van der Waals surface area (Å²) in [5.74, 6) is -0.975. The van der Waals surface area contributed by atoms with Crippen molar-refractivity contribution >= 4 is 0 Å². The van der Waals surface area contributed by atoms with Crippen LogP contribution in [0.25, 0.3) is 0 Å². The van der Waals surface area contributed by atoms with Crippen molar-refractivity contribution < 1.29 is 13.9 Å². The Morgan fingerprint density at radius 1 is 1.26 bits per heavy atom. The van der Waals surface area contributed by atoms with E-state index in [1.54, 1.807) is 6.20 Å². The van der Waals surface area contributed by atoms with Crippen LogP contribution < -0.4 is 0 Å². The second-order valence-electron chi connectivity index (χ2n) is 4.44. The maximum atomic E-state index is 13.1. The Morgan fingerprint density at radius 2 is 2.05 bits per heavy atom. The van der Waals surface area contributed by atoms with Crippen LogP contribution in [0.4, 0.5) is 8.78 Å². The van der Waals surface area contributed by atoms with Crippen molar-refractivity contribution in [2.45, 2.75) is 32.4 Å². The van der Waals surface area contributed by atoms with E-state index in [0.29, 0.717) is 12.0 Å². The van der Waals surface area contributed by atoms with Crippen molar-refractivity contribution in [1.29, 1.82) is 0 Å². The summed E-state index contributed by atoms with van der Waals surface area (Å²) in [6.07, 6.45) is 3.52. The quantitative estimate of drug-likeness (QED) is 0.902. The number of aliphatic hydroxyl groups is 1. The molecule has 3 nitrogen and oxygen atoms in total. The summed E-state index contributed by atoms with van der Waals surface area (Å²) in [5, 5.41) is 9.99. The molecule has 0 spiro atoms. The van der Waals surface area contributed by atoms with Crippen LogP contribution in [-0.4, -0.2) is 20.8 Å². The standard InChI is InChI=1S/C14H16F2N2O/c1-2-18-6-5-17-14(18)9-11(19)7-10-3-4-12(15)13(16)8-10/h3-6,8,11,19H,2,7,9H2,1H3. The smallest absolute Gasteiger partial charge is 0.159 e. The number of hydrogen-bond donors (Lipinski definition) is 1. The lowest BCUT2D eigenvalue weighted by Crippen LogP contribution is -2.17. The molecule has 0 amide bonds. The highest BCUT2D eigenvalue weighted by atomic mass is 19.2. The Labute approximate surface area is 110 Å². The molecule has 19 heavy (non-hydrogen) atoms. The molecule has 0 aliphatic carbocycles. The Hall–Kier alpha value is -1.75. The molecule has 1 unspecified atom stereocenters. The predicted molar refractivity (Wildman–Crippen MR) is 67.7 cm³/mol. The van der Waals surface area contributed by atoms with Gasteiger partial charge in [-0.1, -0.05) is 6.07 Å². The van der Waals surface area contributed by atoms with Crippen LogP contribution in [0.5, 0.6) is 0 Å². The van der Waals surface area contributed by atoms with Gasteiger partial charge < -0.3 is 9.67 Å². The lowest BCUT2D eigenvalue weighted by molar-refractivity contribution is 0.171. The SMILES string of the molecule is CCn1ccnc1CC(O)Cc1ccc(F)c(F)c1. The average molecular weight is 266 g/mol. The lowest BCUT2D eigenvalue weighted by Gasteiger charge is -2.11. The maximum Gasteiger partial charge on any atom is 0.159 e. The Kier molecular flexibility index (Phi) is 4.27. The largest absolute Gasteiger partial charge is 0.392 e. The first-order chi connectivity index (χ1) is 9.10. The summed E-state index contributed by atoms with van der Waals surface area (Å²) < 4.78 is 27.8. The molecule has 2 aromatic rings. The van der Waals surface area contributed by atoms with Gasteiger partial charge in [-0.05, 0) is 31.0 Å². The third kappa shape index (κ3) is 3.38. The van der Waals surface area contributed by atoms with Gasteiger partial charge in [-0.2, -0.15) is 0 Å². The molecule has 1 N–H and O–H groups in total. The first kappa shape index (κ1) is 13.7. The number of rotatable bonds is 5. The molecule has 1 aromatic heterocycles. The van der Waals surface area contributed by atoms with Crippen molar-refractivity contribution in [2.75, 3.05) is 0 Å². The van der Waals surface area contributed by atoms with Crippen molar-refractivity contribution in [3.8, 4) is 0 Å². The van der Waals surface area contributed by atoms with E-state index in [1.807, 2.05) is 17.7 Å². The Balaban J connectivity index is 2.01. The van der Waals surface area contributed by atoms with Gasteiger partial charge in [0.25, 0.3) is 0 Å². The summed E-state index contributed by atoms with van der Waals surface area (Å²) in [7, 11) is 0. The predicted octanol–water partition coefficient (Wildman–Crippen LogP) is 2.33. The number of halogens is 2. The van der Waals surface area contributed by atoms with Crippen molar-refractivity contribution in [2.24, 2.45) is 0 Å². The van der Waals surface area contributed by atoms with Gasteiger partial charge in [-0.15, -0.1) is 0 Å². The number of benzene rings is 1. The molecule has 1 heterocycles.